The molecule has 0 fully saturated rings. The highest BCUT2D eigenvalue weighted by atomic mass is 16.5. The van der Waals surface area contributed by atoms with E-state index in [0.29, 0.717) is 17.1 Å². The number of nitrogens with zero attached hydrogens (tertiary/aromatic N) is 3. The molecule has 0 atom stereocenters. The third kappa shape index (κ3) is 2.33. The van der Waals surface area contributed by atoms with Gasteiger partial charge in [-0.25, -0.2) is 14.8 Å². The van der Waals surface area contributed by atoms with Crippen LogP contribution >= 0.6 is 0 Å². The van der Waals surface area contributed by atoms with Gasteiger partial charge in [0.25, 0.3) is 0 Å². The number of rotatable bonds is 3. The molecule has 0 saturated heterocycles. The van der Waals surface area contributed by atoms with E-state index in [4.69, 9.17) is 16.2 Å². The largest absolute Gasteiger partial charge is 0.465 e. The Labute approximate surface area is 116 Å². The van der Waals surface area contributed by atoms with E-state index in [-0.39, 0.29) is 11.5 Å². The van der Waals surface area contributed by atoms with E-state index in [9.17, 15) is 4.79 Å². The number of nitrogen functional groups attached to an aromatic ring is 2. The van der Waals surface area contributed by atoms with Gasteiger partial charge in [-0.15, -0.1) is 0 Å². The summed E-state index contributed by atoms with van der Waals surface area (Å²) in [4.78, 5) is 21.4. The number of carbonyl (C=O) groups is 1. The predicted molar refractivity (Wildman–Crippen MR) is 76.7 cm³/mol. The maximum absolute atomic E-state index is 11.8. The maximum atomic E-state index is 11.8. The molecule has 4 N–H and O–H groups in total. The van der Waals surface area contributed by atoms with Gasteiger partial charge in [0.15, 0.2) is 11.6 Å². The van der Waals surface area contributed by atoms with Crippen molar-refractivity contribution >= 4 is 29.0 Å². The Morgan fingerprint density at radius 3 is 2.65 bits per heavy atom. The molecular weight excluding hydrogens is 258 g/mol. The number of methoxy groups -OCH3 is 1. The number of hydrogen-bond acceptors (Lipinski definition) is 7. The Kier molecular flexibility index (Phi) is 3.69. The van der Waals surface area contributed by atoms with Crippen molar-refractivity contribution in [3.63, 3.8) is 0 Å². The van der Waals surface area contributed by atoms with Gasteiger partial charge in [0, 0.05) is 7.05 Å². The lowest BCUT2D eigenvalue weighted by Gasteiger charge is -2.22. The standard InChI is InChI=1S/C13H15N5O2/c1-18(12-10(14)11(15)16-7-17-12)9-6-4-3-5-8(9)13(19)20-2/h3-7H,14H2,1-2H3,(H2,15,16,17). The molecule has 0 bridgehead atoms. The summed E-state index contributed by atoms with van der Waals surface area (Å²) in [7, 11) is 3.07. The van der Waals surface area contributed by atoms with Crippen LogP contribution in [0.25, 0.3) is 0 Å². The normalized spacial score (nSPS) is 10.1. The van der Waals surface area contributed by atoms with Crippen LogP contribution in [0.3, 0.4) is 0 Å². The topological polar surface area (TPSA) is 107 Å². The summed E-state index contributed by atoms with van der Waals surface area (Å²) >= 11 is 0. The zero-order chi connectivity index (χ0) is 14.7. The molecule has 20 heavy (non-hydrogen) atoms. The summed E-state index contributed by atoms with van der Waals surface area (Å²) in [6, 6.07) is 6.99. The molecule has 7 nitrogen and oxygen atoms in total. The van der Waals surface area contributed by atoms with Gasteiger partial charge >= 0.3 is 5.97 Å². The number of aromatic nitrogens is 2. The number of anilines is 4. The molecule has 0 aliphatic heterocycles. The van der Waals surface area contributed by atoms with Gasteiger partial charge in [0.2, 0.25) is 0 Å². The maximum Gasteiger partial charge on any atom is 0.339 e. The summed E-state index contributed by atoms with van der Waals surface area (Å²) in [5.41, 5.74) is 12.8. The molecule has 2 aromatic rings. The molecule has 0 saturated carbocycles. The zero-order valence-electron chi connectivity index (χ0n) is 11.2. The van der Waals surface area contributed by atoms with E-state index in [1.54, 1.807) is 36.2 Å². The number of esters is 1. The van der Waals surface area contributed by atoms with Gasteiger partial charge in [-0.05, 0) is 12.1 Å². The summed E-state index contributed by atoms with van der Waals surface area (Å²) in [5.74, 6) is 0.180. The van der Waals surface area contributed by atoms with Gasteiger partial charge in [0.05, 0.1) is 18.4 Å². The van der Waals surface area contributed by atoms with E-state index >= 15 is 0 Å². The lowest BCUT2D eigenvalue weighted by Crippen LogP contribution is -2.18. The fraction of sp³-hybridized carbons (Fsp3) is 0.154. The Morgan fingerprint density at radius 2 is 1.95 bits per heavy atom. The Morgan fingerprint density at radius 1 is 1.25 bits per heavy atom. The Bertz CT molecular complexity index is 644. The number of carbonyl (C=O) groups excluding carboxylic acids is 1. The van der Waals surface area contributed by atoms with E-state index in [1.807, 2.05) is 0 Å². The second kappa shape index (κ2) is 5.43. The number of ether oxygens (including phenoxy) is 1. The Hall–Kier alpha value is -2.83. The average molecular weight is 273 g/mol. The highest BCUT2D eigenvalue weighted by Crippen LogP contribution is 2.31. The summed E-state index contributed by atoms with van der Waals surface area (Å²) < 4.78 is 4.76. The first-order chi connectivity index (χ1) is 9.56. The van der Waals surface area contributed by atoms with Crippen molar-refractivity contribution in [2.75, 3.05) is 30.5 Å². The van der Waals surface area contributed by atoms with Crippen LogP contribution in [0.5, 0.6) is 0 Å². The molecule has 2 rings (SSSR count). The number of nitrogens with two attached hydrogens (primary N) is 2. The molecule has 1 aromatic heterocycles. The van der Waals surface area contributed by atoms with E-state index < -0.39 is 5.97 Å². The van der Waals surface area contributed by atoms with Crippen molar-refractivity contribution in [1.29, 1.82) is 0 Å². The lowest BCUT2D eigenvalue weighted by atomic mass is 10.1. The van der Waals surface area contributed by atoms with Crippen molar-refractivity contribution < 1.29 is 9.53 Å². The van der Waals surface area contributed by atoms with Crippen molar-refractivity contribution in [3.05, 3.63) is 36.2 Å². The van der Waals surface area contributed by atoms with Crippen molar-refractivity contribution in [2.24, 2.45) is 0 Å². The number of benzene rings is 1. The third-order valence-electron chi connectivity index (χ3n) is 2.88. The van der Waals surface area contributed by atoms with Crippen LogP contribution < -0.4 is 16.4 Å². The minimum absolute atomic E-state index is 0.192. The minimum Gasteiger partial charge on any atom is -0.465 e. The van der Waals surface area contributed by atoms with Crippen LogP contribution in [0.1, 0.15) is 10.4 Å². The molecule has 7 heteroatoms. The van der Waals surface area contributed by atoms with Crippen molar-refractivity contribution in [3.8, 4) is 0 Å². The molecule has 0 radical (unpaired) electrons. The molecule has 104 valence electrons. The first-order valence-electron chi connectivity index (χ1n) is 5.83. The smallest absolute Gasteiger partial charge is 0.339 e. The second-order valence-electron chi connectivity index (χ2n) is 4.06. The second-order valence-corrected chi connectivity index (χ2v) is 4.06. The Balaban J connectivity index is 2.51. The monoisotopic (exact) mass is 273 g/mol. The minimum atomic E-state index is -0.437. The quantitative estimate of drug-likeness (QED) is 0.809. The van der Waals surface area contributed by atoms with E-state index in [2.05, 4.69) is 9.97 Å². The first kappa shape index (κ1) is 13.6. The molecule has 0 aliphatic carbocycles. The molecule has 1 aromatic carbocycles. The van der Waals surface area contributed by atoms with Crippen LogP contribution in [-0.2, 0) is 4.74 Å². The van der Waals surface area contributed by atoms with E-state index in [0.717, 1.165) is 0 Å². The van der Waals surface area contributed by atoms with Crippen LogP contribution in [-0.4, -0.2) is 30.1 Å². The van der Waals surface area contributed by atoms with Crippen LogP contribution in [0.15, 0.2) is 30.6 Å². The summed E-state index contributed by atoms with van der Waals surface area (Å²) in [5, 5.41) is 0. The van der Waals surface area contributed by atoms with Gasteiger partial charge in [-0.2, -0.15) is 0 Å². The third-order valence-corrected chi connectivity index (χ3v) is 2.88. The van der Waals surface area contributed by atoms with Crippen LogP contribution in [0.2, 0.25) is 0 Å². The highest BCUT2D eigenvalue weighted by Gasteiger charge is 2.18. The summed E-state index contributed by atoms with van der Waals surface area (Å²) in [6.07, 6.45) is 1.32. The van der Waals surface area contributed by atoms with Gasteiger partial charge < -0.3 is 21.1 Å². The number of para-hydroxylation sites is 1. The molecule has 0 unspecified atom stereocenters. The molecule has 0 amide bonds. The van der Waals surface area contributed by atoms with Crippen LogP contribution in [0, 0.1) is 0 Å². The number of hydrogen-bond donors (Lipinski definition) is 2. The highest BCUT2D eigenvalue weighted by molar-refractivity contribution is 5.97. The van der Waals surface area contributed by atoms with Gasteiger partial charge in [-0.1, -0.05) is 12.1 Å². The molecule has 0 aliphatic rings. The summed E-state index contributed by atoms with van der Waals surface area (Å²) in [6.45, 7) is 0. The average Bonchev–Trinajstić information content (AvgIpc) is 2.48. The van der Waals surface area contributed by atoms with Gasteiger partial charge in [0.1, 0.15) is 12.0 Å². The van der Waals surface area contributed by atoms with E-state index in [1.165, 1.54) is 13.4 Å². The zero-order valence-corrected chi connectivity index (χ0v) is 11.2. The SMILES string of the molecule is COC(=O)c1ccccc1N(C)c1ncnc(N)c1N. The van der Waals surface area contributed by atoms with Crippen molar-refractivity contribution in [2.45, 2.75) is 0 Å². The fourth-order valence-electron chi connectivity index (χ4n) is 1.83. The molecular formula is C13H15N5O2. The predicted octanol–water partition coefficient (Wildman–Crippen LogP) is 1.20. The van der Waals surface area contributed by atoms with Gasteiger partial charge in [-0.3, -0.25) is 0 Å². The molecule has 1 heterocycles. The molecule has 0 spiro atoms. The fourth-order valence-corrected chi connectivity index (χ4v) is 1.83. The van der Waals surface area contributed by atoms with Crippen LogP contribution in [0.4, 0.5) is 23.0 Å². The first-order valence-corrected chi connectivity index (χ1v) is 5.83. The van der Waals surface area contributed by atoms with Crippen molar-refractivity contribution in [1.82, 2.24) is 9.97 Å². The lowest BCUT2D eigenvalue weighted by molar-refractivity contribution is 0.0601.